The normalized spacial score (nSPS) is 16.6. The second-order valence-corrected chi connectivity index (χ2v) is 9.27. The number of anilines is 2. The molecule has 1 aliphatic rings. The van der Waals surface area contributed by atoms with Crippen LogP contribution in [0.3, 0.4) is 0 Å². The molecule has 0 radical (unpaired) electrons. The Balaban J connectivity index is 1.92. The molecule has 3 aromatic rings. The lowest BCUT2D eigenvalue weighted by Gasteiger charge is -2.27. The minimum absolute atomic E-state index is 0.0241. The van der Waals surface area contributed by atoms with Gasteiger partial charge in [-0.2, -0.15) is 0 Å². The number of nitrogens with zero attached hydrogens (tertiary/aromatic N) is 2. The molecule has 1 unspecified atom stereocenters. The Labute approximate surface area is 223 Å². The third-order valence-corrected chi connectivity index (χ3v) is 7.21. The summed E-state index contributed by atoms with van der Waals surface area (Å²) in [4.78, 5) is 30.7. The first-order chi connectivity index (χ1) is 18.2. The van der Waals surface area contributed by atoms with E-state index < -0.39 is 17.7 Å². The fraction of sp³-hybridized carbons (Fsp3) is 0.290. The summed E-state index contributed by atoms with van der Waals surface area (Å²) in [6, 6.07) is 17.5. The minimum atomic E-state index is -0.809. The molecule has 1 saturated heterocycles. The molecule has 4 rings (SSSR count). The Bertz CT molecular complexity index is 1390. The molecule has 1 fully saturated rings. The highest BCUT2D eigenvalue weighted by Gasteiger charge is 2.47. The largest absolute Gasteiger partial charge is 0.507 e. The van der Waals surface area contributed by atoms with Crippen LogP contribution >= 0.6 is 0 Å². The molecule has 1 N–H and O–H groups in total. The van der Waals surface area contributed by atoms with Crippen molar-refractivity contribution in [1.82, 2.24) is 0 Å². The van der Waals surface area contributed by atoms with Gasteiger partial charge < -0.3 is 19.5 Å². The maximum absolute atomic E-state index is 13.5. The van der Waals surface area contributed by atoms with E-state index in [9.17, 15) is 14.7 Å². The lowest BCUT2D eigenvalue weighted by Crippen LogP contribution is -2.29. The van der Waals surface area contributed by atoms with Crippen LogP contribution in [0.1, 0.15) is 42.1 Å². The minimum Gasteiger partial charge on any atom is -0.507 e. The van der Waals surface area contributed by atoms with Gasteiger partial charge in [0.15, 0.2) is 11.5 Å². The fourth-order valence-electron chi connectivity index (χ4n) is 4.88. The summed E-state index contributed by atoms with van der Waals surface area (Å²) in [5.74, 6) is -0.807. The highest BCUT2D eigenvalue weighted by molar-refractivity contribution is 6.51. The van der Waals surface area contributed by atoms with Crippen molar-refractivity contribution >= 4 is 28.8 Å². The smallest absolute Gasteiger partial charge is 0.300 e. The number of Topliss-reactive ketones (excluding diaryl/α,β-unsaturated/α-hetero) is 1. The van der Waals surface area contributed by atoms with E-state index in [0.717, 1.165) is 35.5 Å². The van der Waals surface area contributed by atoms with Crippen LogP contribution in [-0.4, -0.2) is 44.1 Å². The molecular weight excluding hydrogens is 480 g/mol. The number of hydrogen-bond donors (Lipinski definition) is 1. The zero-order valence-electron chi connectivity index (χ0n) is 22.7. The van der Waals surface area contributed by atoms with Crippen LogP contribution in [0.25, 0.3) is 5.76 Å². The van der Waals surface area contributed by atoms with Crippen molar-refractivity contribution < 1.29 is 24.2 Å². The van der Waals surface area contributed by atoms with Crippen molar-refractivity contribution in [2.75, 3.05) is 37.1 Å². The molecule has 0 aromatic heterocycles. The molecule has 0 saturated carbocycles. The molecular formula is C31H34N2O5. The summed E-state index contributed by atoms with van der Waals surface area (Å²) in [6.07, 6.45) is 0. The fourth-order valence-corrected chi connectivity index (χ4v) is 4.88. The van der Waals surface area contributed by atoms with Crippen molar-refractivity contribution in [3.8, 4) is 11.5 Å². The third-order valence-electron chi connectivity index (χ3n) is 7.21. The van der Waals surface area contributed by atoms with Gasteiger partial charge in [-0.15, -0.1) is 0 Å². The predicted molar refractivity (Wildman–Crippen MR) is 150 cm³/mol. The molecule has 7 heteroatoms. The number of hydrogen-bond acceptors (Lipinski definition) is 6. The van der Waals surface area contributed by atoms with Gasteiger partial charge in [0.2, 0.25) is 0 Å². The number of aliphatic hydroxyl groups is 1. The zero-order chi connectivity index (χ0) is 27.6. The van der Waals surface area contributed by atoms with Gasteiger partial charge in [0.25, 0.3) is 11.7 Å². The number of aryl methyl sites for hydroxylation is 2. The number of amides is 1. The van der Waals surface area contributed by atoms with E-state index in [2.05, 4.69) is 18.7 Å². The number of aliphatic hydroxyl groups excluding tert-OH is 1. The van der Waals surface area contributed by atoms with Gasteiger partial charge >= 0.3 is 0 Å². The van der Waals surface area contributed by atoms with Gasteiger partial charge in [-0.05, 0) is 86.8 Å². The SMILES string of the molecule is CCN(CC)c1ccc(C2/C(=C(\O)c3ccc(OC)c(OC)c3)C(=O)C(=O)N2c2ccc(C)c(C)c2)cc1. The quantitative estimate of drug-likeness (QED) is 0.233. The first-order valence-corrected chi connectivity index (χ1v) is 12.7. The Hall–Kier alpha value is -4.26. The first-order valence-electron chi connectivity index (χ1n) is 12.7. The Morgan fingerprint density at radius 3 is 2.11 bits per heavy atom. The van der Waals surface area contributed by atoms with Crippen LogP contribution in [-0.2, 0) is 9.59 Å². The number of ether oxygens (including phenoxy) is 2. The Morgan fingerprint density at radius 2 is 1.53 bits per heavy atom. The van der Waals surface area contributed by atoms with E-state index >= 15 is 0 Å². The van der Waals surface area contributed by atoms with E-state index in [-0.39, 0.29) is 11.3 Å². The third kappa shape index (κ3) is 4.72. The maximum atomic E-state index is 13.5. The number of benzene rings is 3. The van der Waals surface area contributed by atoms with Crippen LogP contribution in [0.5, 0.6) is 11.5 Å². The molecule has 0 aliphatic carbocycles. The number of methoxy groups -OCH3 is 2. The predicted octanol–water partition coefficient (Wildman–Crippen LogP) is 5.79. The number of carbonyl (C=O) groups excluding carboxylic acids is 2. The van der Waals surface area contributed by atoms with Crippen molar-refractivity contribution in [3.63, 3.8) is 0 Å². The summed E-state index contributed by atoms with van der Waals surface area (Å²) in [6.45, 7) is 9.86. The highest BCUT2D eigenvalue weighted by atomic mass is 16.5. The summed E-state index contributed by atoms with van der Waals surface area (Å²) >= 11 is 0. The van der Waals surface area contributed by atoms with Crippen LogP contribution in [0, 0.1) is 13.8 Å². The molecule has 1 amide bonds. The molecule has 1 aliphatic heterocycles. The second kappa shape index (κ2) is 11.0. The number of ketones is 1. The van der Waals surface area contributed by atoms with Crippen LogP contribution in [0.15, 0.2) is 66.2 Å². The van der Waals surface area contributed by atoms with Crippen molar-refractivity contribution in [2.24, 2.45) is 0 Å². The van der Waals surface area contributed by atoms with Gasteiger partial charge in [0.05, 0.1) is 25.8 Å². The van der Waals surface area contributed by atoms with Crippen LogP contribution < -0.4 is 19.3 Å². The molecule has 0 spiro atoms. The topological polar surface area (TPSA) is 79.3 Å². The summed E-state index contributed by atoms with van der Waals surface area (Å²) in [7, 11) is 3.02. The standard InChI is InChI=1S/C31H34N2O5/c1-7-32(8-2)23-14-10-21(11-15-23)28-27(29(34)22-12-16-25(37-5)26(18-22)38-6)30(35)31(36)33(28)24-13-9-19(3)20(4)17-24/h9-18,28,34H,7-8H2,1-6H3/b29-27+. The van der Waals surface area contributed by atoms with E-state index in [0.29, 0.717) is 22.7 Å². The van der Waals surface area contributed by atoms with Gasteiger partial charge in [-0.3, -0.25) is 14.5 Å². The monoisotopic (exact) mass is 514 g/mol. The molecule has 1 atom stereocenters. The van der Waals surface area contributed by atoms with Gasteiger partial charge in [-0.1, -0.05) is 18.2 Å². The molecule has 198 valence electrons. The van der Waals surface area contributed by atoms with Crippen LogP contribution in [0.4, 0.5) is 11.4 Å². The van der Waals surface area contributed by atoms with Crippen LogP contribution in [0.2, 0.25) is 0 Å². The Kier molecular flexibility index (Phi) is 7.76. The highest BCUT2D eigenvalue weighted by Crippen LogP contribution is 2.43. The molecule has 3 aromatic carbocycles. The lowest BCUT2D eigenvalue weighted by atomic mass is 9.94. The lowest BCUT2D eigenvalue weighted by molar-refractivity contribution is -0.132. The maximum Gasteiger partial charge on any atom is 0.300 e. The van der Waals surface area contributed by atoms with E-state index in [1.165, 1.54) is 19.1 Å². The second-order valence-electron chi connectivity index (χ2n) is 9.27. The van der Waals surface area contributed by atoms with E-state index in [1.807, 2.05) is 56.3 Å². The number of rotatable bonds is 8. The molecule has 1 heterocycles. The average molecular weight is 515 g/mol. The van der Waals surface area contributed by atoms with Gasteiger partial charge in [0, 0.05) is 30.0 Å². The first kappa shape index (κ1) is 26.8. The molecule has 38 heavy (non-hydrogen) atoms. The van der Waals surface area contributed by atoms with Gasteiger partial charge in [-0.25, -0.2) is 0 Å². The van der Waals surface area contributed by atoms with Crippen molar-refractivity contribution in [2.45, 2.75) is 33.7 Å². The molecule has 7 nitrogen and oxygen atoms in total. The van der Waals surface area contributed by atoms with E-state index in [1.54, 1.807) is 18.2 Å². The van der Waals surface area contributed by atoms with Gasteiger partial charge in [0.1, 0.15) is 5.76 Å². The Morgan fingerprint density at radius 1 is 0.868 bits per heavy atom. The van der Waals surface area contributed by atoms with E-state index in [4.69, 9.17) is 9.47 Å². The zero-order valence-corrected chi connectivity index (χ0v) is 22.7. The summed E-state index contributed by atoms with van der Waals surface area (Å²) < 4.78 is 10.7. The van der Waals surface area contributed by atoms with Crippen molar-refractivity contribution in [1.29, 1.82) is 0 Å². The summed E-state index contributed by atoms with van der Waals surface area (Å²) in [5.41, 5.74) is 4.82. The molecule has 0 bridgehead atoms. The van der Waals surface area contributed by atoms with Crippen molar-refractivity contribution in [3.05, 3.63) is 88.5 Å². The average Bonchev–Trinajstić information content (AvgIpc) is 3.20. The summed E-state index contributed by atoms with van der Waals surface area (Å²) in [5, 5.41) is 11.5. The number of carbonyl (C=O) groups is 2.